The van der Waals surface area contributed by atoms with Crippen LogP contribution in [0.4, 0.5) is 0 Å². The Morgan fingerprint density at radius 2 is 1.93 bits per heavy atom. The number of halogens is 1. The third kappa shape index (κ3) is 5.79. The standard InChI is InChI=1S/C20H35BrN2O2SSi/c1-19(2,3)27(6,7)25-17-12-14(11-15-9-8-10-18(21)23-15)16(17)13-20(4,5)26(22)24/h8-10,14,16-17H,11-13,22H2,1-7H3. The van der Waals surface area contributed by atoms with Crippen molar-refractivity contribution >= 4 is 35.6 Å². The van der Waals surface area contributed by atoms with Crippen LogP contribution < -0.4 is 5.14 Å². The molecule has 0 amide bonds. The molecular weight excluding hydrogens is 440 g/mol. The first kappa shape index (κ1) is 23.4. The smallest absolute Gasteiger partial charge is 0.192 e. The highest BCUT2D eigenvalue weighted by Crippen LogP contribution is 2.48. The van der Waals surface area contributed by atoms with Crippen molar-refractivity contribution in [3.05, 3.63) is 28.5 Å². The van der Waals surface area contributed by atoms with Crippen molar-refractivity contribution in [3.63, 3.8) is 0 Å². The zero-order valence-corrected chi connectivity index (χ0v) is 21.1. The molecule has 4 nitrogen and oxygen atoms in total. The van der Waals surface area contributed by atoms with E-state index in [4.69, 9.17) is 9.56 Å². The second kappa shape index (κ2) is 8.44. The fourth-order valence-electron chi connectivity index (χ4n) is 3.46. The van der Waals surface area contributed by atoms with Crippen LogP contribution in [0, 0.1) is 11.8 Å². The van der Waals surface area contributed by atoms with Gasteiger partial charge >= 0.3 is 0 Å². The van der Waals surface area contributed by atoms with Crippen LogP contribution in [0.5, 0.6) is 0 Å². The maximum Gasteiger partial charge on any atom is 0.192 e. The Kier molecular flexibility index (Phi) is 7.30. The molecular formula is C20H35BrN2O2SSi. The molecule has 27 heavy (non-hydrogen) atoms. The van der Waals surface area contributed by atoms with E-state index in [-0.39, 0.29) is 11.1 Å². The Bertz CT molecular complexity index is 649. The fraction of sp³-hybridized carbons (Fsp3) is 0.750. The first-order valence-corrected chi connectivity index (χ1v) is 14.6. The fourth-order valence-corrected chi connectivity index (χ4v) is 5.58. The van der Waals surface area contributed by atoms with Gasteiger partial charge in [-0.2, -0.15) is 5.14 Å². The number of nitrogens with zero attached hydrogens (tertiary/aromatic N) is 1. The van der Waals surface area contributed by atoms with E-state index in [0.29, 0.717) is 11.8 Å². The number of aromatic nitrogens is 1. The summed E-state index contributed by atoms with van der Waals surface area (Å²) in [6.07, 6.45) is 3.01. The predicted octanol–water partition coefficient (Wildman–Crippen LogP) is 5.20. The molecule has 7 heteroatoms. The molecule has 1 heterocycles. The van der Waals surface area contributed by atoms with Gasteiger partial charge < -0.3 is 8.98 Å². The van der Waals surface area contributed by atoms with E-state index in [1.54, 1.807) is 0 Å². The highest BCUT2D eigenvalue weighted by Gasteiger charge is 2.50. The molecule has 0 spiro atoms. The summed E-state index contributed by atoms with van der Waals surface area (Å²) in [6.45, 7) is 15.4. The van der Waals surface area contributed by atoms with Crippen LogP contribution in [0.1, 0.15) is 53.2 Å². The van der Waals surface area contributed by atoms with Crippen LogP contribution in [0.25, 0.3) is 0 Å². The Morgan fingerprint density at radius 1 is 1.30 bits per heavy atom. The summed E-state index contributed by atoms with van der Waals surface area (Å²) in [7, 11) is -1.84. The summed E-state index contributed by atoms with van der Waals surface area (Å²) >= 11 is 2.11. The van der Waals surface area contributed by atoms with E-state index in [1.807, 2.05) is 26.0 Å². The number of hydrogen-bond donors (Lipinski definition) is 1. The zero-order valence-electron chi connectivity index (χ0n) is 17.7. The zero-order chi connectivity index (χ0) is 20.6. The predicted molar refractivity (Wildman–Crippen MR) is 120 cm³/mol. The molecule has 0 bridgehead atoms. The molecule has 4 unspecified atom stereocenters. The molecule has 1 aliphatic carbocycles. The molecule has 2 N–H and O–H groups in total. The Labute approximate surface area is 177 Å². The lowest BCUT2D eigenvalue weighted by Crippen LogP contribution is -2.55. The normalized spacial score (nSPS) is 25.2. The maximum absolute atomic E-state index is 12.0. The Hall–Kier alpha value is 0.0769. The average molecular weight is 476 g/mol. The van der Waals surface area contributed by atoms with Gasteiger partial charge in [-0.05, 0) is 84.7 Å². The molecule has 2 rings (SSSR count). The van der Waals surface area contributed by atoms with Gasteiger partial charge in [0, 0.05) is 29.6 Å². The molecule has 1 fully saturated rings. The van der Waals surface area contributed by atoms with Crippen molar-refractivity contribution in [2.45, 2.75) is 82.9 Å². The minimum Gasteiger partial charge on any atom is -0.598 e. The lowest BCUT2D eigenvalue weighted by Gasteiger charge is -2.51. The largest absolute Gasteiger partial charge is 0.598 e. The third-order valence-electron chi connectivity index (χ3n) is 6.39. The monoisotopic (exact) mass is 474 g/mol. The molecule has 1 aromatic heterocycles. The van der Waals surface area contributed by atoms with Gasteiger partial charge in [-0.15, -0.1) is 0 Å². The van der Waals surface area contributed by atoms with Gasteiger partial charge in [-0.25, -0.2) is 4.98 Å². The van der Waals surface area contributed by atoms with E-state index in [9.17, 15) is 4.55 Å². The van der Waals surface area contributed by atoms with Crippen LogP contribution >= 0.6 is 15.9 Å². The van der Waals surface area contributed by atoms with Gasteiger partial charge in [-0.1, -0.05) is 26.8 Å². The highest BCUT2D eigenvalue weighted by molar-refractivity contribution is 9.10. The van der Waals surface area contributed by atoms with Crippen molar-refractivity contribution in [1.82, 2.24) is 4.98 Å². The lowest BCUT2D eigenvalue weighted by atomic mass is 9.65. The maximum atomic E-state index is 12.0. The van der Waals surface area contributed by atoms with Crippen LogP contribution in [-0.2, 0) is 22.2 Å². The molecule has 1 aliphatic rings. The SMILES string of the molecule is CC(C)(CC1C(Cc2cccc(Br)n2)CC1O[Si](C)(C)C(C)(C)C)[S+](N)[O-]. The first-order valence-electron chi connectivity index (χ1n) is 9.68. The second-order valence-electron chi connectivity index (χ2n) is 9.99. The summed E-state index contributed by atoms with van der Waals surface area (Å²) in [5.41, 5.74) is 1.09. The van der Waals surface area contributed by atoms with E-state index in [2.05, 4.69) is 60.8 Å². The van der Waals surface area contributed by atoms with Crippen LogP contribution in [0.15, 0.2) is 22.8 Å². The number of nitrogens with two attached hydrogens (primary N) is 1. The van der Waals surface area contributed by atoms with E-state index < -0.39 is 24.4 Å². The molecule has 154 valence electrons. The highest BCUT2D eigenvalue weighted by atomic mass is 79.9. The summed E-state index contributed by atoms with van der Waals surface area (Å²) in [6, 6.07) is 6.06. The van der Waals surface area contributed by atoms with Gasteiger partial charge in [0.15, 0.2) is 8.32 Å². The van der Waals surface area contributed by atoms with Crippen LogP contribution in [0.2, 0.25) is 18.1 Å². The lowest BCUT2D eigenvalue weighted by molar-refractivity contribution is -0.0322. The summed E-state index contributed by atoms with van der Waals surface area (Å²) in [4.78, 5) is 4.60. The molecule has 0 aliphatic heterocycles. The summed E-state index contributed by atoms with van der Waals surface area (Å²) in [5, 5.41) is 5.96. The first-order chi connectivity index (χ1) is 12.2. The van der Waals surface area contributed by atoms with Crippen molar-refractivity contribution in [2.24, 2.45) is 17.0 Å². The number of pyridine rings is 1. The average Bonchev–Trinajstić information content (AvgIpc) is 2.50. The van der Waals surface area contributed by atoms with Crippen LogP contribution in [0.3, 0.4) is 0 Å². The minimum atomic E-state index is -1.84. The van der Waals surface area contributed by atoms with Crippen molar-refractivity contribution < 1.29 is 8.98 Å². The Balaban J connectivity index is 2.16. The second-order valence-corrected chi connectivity index (χ2v) is 17.3. The van der Waals surface area contributed by atoms with Gasteiger partial charge in [-0.3, -0.25) is 0 Å². The van der Waals surface area contributed by atoms with E-state index >= 15 is 0 Å². The number of rotatable bonds is 7. The van der Waals surface area contributed by atoms with Crippen molar-refractivity contribution in [2.75, 3.05) is 0 Å². The quantitative estimate of drug-likeness (QED) is 0.334. The van der Waals surface area contributed by atoms with Gasteiger partial charge in [0.2, 0.25) is 0 Å². The van der Waals surface area contributed by atoms with Gasteiger partial charge in [0.25, 0.3) is 0 Å². The van der Waals surface area contributed by atoms with E-state index in [1.165, 1.54) is 0 Å². The Morgan fingerprint density at radius 3 is 2.44 bits per heavy atom. The molecule has 0 radical (unpaired) electrons. The van der Waals surface area contributed by atoms with E-state index in [0.717, 1.165) is 29.6 Å². The molecule has 0 saturated heterocycles. The topological polar surface area (TPSA) is 71.2 Å². The number of hydrogen-bond acceptors (Lipinski definition) is 4. The molecule has 0 aromatic carbocycles. The molecule has 1 saturated carbocycles. The third-order valence-corrected chi connectivity index (χ3v) is 12.6. The van der Waals surface area contributed by atoms with Crippen LogP contribution in [-0.4, -0.2) is 28.7 Å². The van der Waals surface area contributed by atoms with Gasteiger partial charge in [0.05, 0.1) is 0 Å². The summed E-state index contributed by atoms with van der Waals surface area (Å²) in [5.74, 6) is 0.854. The van der Waals surface area contributed by atoms with Gasteiger partial charge in [0.1, 0.15) is 9.35 Å². The van der Waals surface area contributed by atoms with Crippen molar-refractivity contribution in [1.29, 1.82) is 0 Å². The van der Waals surface area contributed by atoms with Crippen molar-refractivity contribution in [3.8, 4) is 0 Å². The minimum absolute atomic E-state index is 0.181. The summed E-state index contributed by atoms with van der Waals surface area (Å²) < 4.78 is 19.2. The molecule has 4 atom stereocenters. The molecule has 1 aromatic rings.